The third kappa shape index (κ3) is 3.46. The highest BCUT2D eigenvalue weighted by Crippen LogP contribution is 2.32. The van der Waals surface area contributed by atoms with Crippen molar-refractivity contribution in [1.29, 1.82) is 0 Å². The number of carbonyl (C=O) groups excluding carboxylic acids is 2. The Bertz CT molecular complexity index is 622. The Morgan fingerprint density at radius 3 is 2.78 bits per heavy atom. The van der Waals surface area contributed by atoms with E-state index in [2.05, 4.69) is 5.32 Å². The summed E-state index contributed by atoms with van der Waals surface area (Å²) in [5.74, 6) is 0.0104. The van der Waals surface area contributed by atoms with E-state index in [4.69, 9.17) is 0 Å². The SMILES string of the molecule is CCN(Cc1ccccc1)C(=O)CC1=C2CCCCC2NC1=O. The normalized spacial score (nSPS) is 20.2. The van der Waals surface area contributed by atoms with Gasteiger partial charge in [-0.1, -0.05) is 36.8 Å². The molecule has 1 aliphatic heterocycles. The Hall–Kier alpha value is -2.10. The van der Waals surface area contributed by atoms with Crippen LogP contribution in [0.4, 0.5) is 0 Å². The monoisotopic (exact) mass is 312 g/mol. The van der Waals surface area contributed by atoms with E-state index >= 15 is 0 Å². The van der Waals surface area contributed by atoms with Gasteiger partial charge < -0.3 is 10.2 Å². The van der Waals surface area contributed by atoms with E-state index in [1.165, 1.54) is 5.57 Å². The summed E-state index contributed by atoms with van der Waals surface area (Å²) in [7, 11) is 0. The van der Waals surface area contributed by atoms with E-state index in [1.54, 1.807) is 0 Å². The van der Waals surface area contributed by atoms with Crippen LogP contribution in [0.15, 0.2) is 41.5 Å². The van der Waals surface area contributed by atoms with Crippen molar-refractivity contribution in [3.63, 3.8) is 0 Å². The molecule has 3 rings (SSSR count). The first-order valence-corrected chi connectivity index (χ1v) is 8.53. The topological polar surface area (TPSA) is 49.4 Å². The number of nitrogens with zero attached hydrogens (tertiary/aromatic N) is 1. The zero-order valence-corrected chi connectivity index (χ0v) is 13.7. The average Bonchev–Trinajstić information content (AvgIpc) is 2.89. The van der Waals surface area contributed by atoms with Gasteiger partial charge in [0.25, 0.3) is 0 Å². The molecule has 0 radical (unpaired) electrons. The molecule has 0 bridgehead atoms. The van der Waals surface area contributed by atoms with Crippen LogP contribution < -0.4 is 5.32 Å². The molecule has 2 amide bonds. The molecule has 4 nitrogen and oxygen atoms in total. The molecule has 1 aromatic carbocycles. The highest BCUT2D eigenvalue weighted by Gasteiger charge is 2.34. The predicted molar refractivity (Wildman–Crippen MR) is 89.6 cm³/mol. The van der Waals surface area contributed by atoms with E-state index in [-0.39, 0.29) is 24.3 Å². The number of fused-ring (bicyclic) bond motifs is 1. The molecule has 1 saturated carbocycles. The minimum absolute atomic E-state index is 0.0315. The van der Waals surface area contributed by atoms with Crippen LogP contribution in [0.2, 0.25) is 0 Å². The number of hydrogen-bond acceptors (Lipinski definition) is 2. The van der Waals surface area contributed by atoms with E-state index in [0.717, 1.165) is 36.8 Å². The summed E-state index contributed by atoms with van der Waals surface area (Å²) in [6.07, 6.45) is 4.49. The molecule has 1 aliphatic carbocycles. The second-order valence-corrected chi connectivity index (χ2v) is 6.35. The fourth-order valence-electron chi connectivity index (χ4n) is 3.56. The van der Waals surface area contributed by atoms with E-state index in [9.17, 15) is 9.59 Å². The molecule has 0 spiro atoms. The van der Waals surface area contributed by atoms with Crippen molar-refractivity contribution in [2.24, 2.45) is 0 Å². The lowest BCUT2D eigenvalue weighted by Crippen LogP contribution is -2.32. The fraction of sp³-hybridized carbons (Fsp3) is 0.474. The molecule has 122 valence electrons. The van der Waals surface area contributed by atoms with Gasteiger partial charge in [-0.15, -0.1) is 0 Å². The zero-order chi connectivity index (χ0) is 16.2. The molecular weight excluding hydrogens is 288 g/mol. The number of amides is 2. The van der Waals surface area contributed by atoms with Crippen LogP contribution in [-0.2, 0) is 16.1 Å². The standard InChI is InChI=1S/C19H24N2O2/c1-2-21(13-14-8-4-3-5-9-14)18(22)12-16-15-10-6-7-11-17(15)20-19(16)23/h3-5,8-9,17H,2,6-7,10-13H2,1H3,(H,20,23). The number of nitrogens with one attached hydrogen (secondary N) is 1. The lowest BCUT2D eigenvalue weighted by atomic mass is 9.88. The molecule has 1 aromatic rings. The maximum Gasteiger partial charge on any atom is 0.248 e. The summed E-state index contributed by atoms with van der Waals surface area (Å²) in [6, 6.07) is 10.2. The molecule has 1 N–H and O–H groups in total. The van der Waals surface area contributed by atoms with E-state index < -0.39 is 0 Å². The molecule has 0 saturated heterocycles. The number of benzene rings is 1. The van der Waals surface area contributed by atoms with Gasteiger partial charge in [0.1, 0.15) is 0 Å². The van der Waals surface area contributed by atoms with Gasteiger partial charge in [0.2, 0.25) is 11.8 Å². The van der Waals surface area contributed by atoms with Crippen LogP contribution in [0.25, 0.3) is 0 Å². The minimum atomic E-state index is -0.0315. The Morgan fingerprint density at radius 1 is 1.26 bits per heavy atom. The summed E-state index contributed by atoms with van der Waals surface area (Å²) >= 11 is 0. The molecule has 4 heteroatoms. The van der Waals surface area contributed by atoms with Crippen molar-refractivity contribution in [3.05, 3.63) is 47.0 Å². The Morgan fingerprint density at radius 2 is 2.04 bits per heavy atom. The predicted octanol–water partition coefficient (Wildman–Crippen LogP) is 2.79. The smallest absolute Gasteiger partial charge is 0.248 e. The maximum absolute atomic E-state index is 12.7. The van der Waals surface area contributed by atoms with Crippen LogP contribution in [0.3, 0.4) is 0 Å². The van der Waals surface area contributed by atoms with Crippen LogP contribution in [0.1, 0.15) is 44.6 Å². The second kappa shape index (κ2) is 6.99. The molecule has 2 aliphatic rings. The Labute approximate surface area is 137 Å². The summed E-state index contributed by atoms with van der Waals surface area (Å²) in [6.45, 7) is 3.24. The van der Waals surface area contributed by atoms with Crippen LogP contribution in [0, 0.1) is 0 Å². The maximum atomic E-state index is 12.7. The molecule has 1 unspecified atom stereocenters. The molecule has 0 aromatic heterocycles. The van der Waals surface area contributed by atoms with E-state index in [1.807, 2.05) is 42.2 Å². The third-order valence-electron chi connectivity index (χ3n) is 4.86. The third-order valence-corrected chi connectivity index (χ3v) is 4.86. The first-order valence-electron chi connectivity index (χ1n) is 8.53. The van der Waals surface area contributed by atoms with Crippen LogP contribution in [-0.4, -0.2) is 29.3 Å². The quantitative estimate of drug-likeness (QED) is 0.909. The number of rotatable bonds is 5. The highest BCUT2D eigenvalue weighted by molar-refractivity contribution is 6.02. The van der Waals surface area contributed by atoms with Gasteiger partial charge in [-0.2, -0.15) is 0 Å². The zero-order valence-electron chi connectivity index (χ0n) is 13.7. The van der Waals surface area contributed by atoms with Gasteiger partial charge in [-0.25, -0.2) is 0 Å². The van der Waals surface area contributed by atoms with E-state index in [0.29, 0.717) is 13.1 Å². The van der Waals surface area contributed by atoms with Gasteiger partial charge >= 0.3 is 0 Å². The Balaban J connectivity index is 1.70. The van der Waals surface area contributed by atoms with Crippen molar-refractivity contribution in [2.45, 2.75) is 51.6 Å². The first-order chi connectivity index (χ1) is 11.2. The van der Waals surface area contributed by atoms with Crippen LogP contribution >= 0.6 is 0 Å². The van der Waals surface area contributed by atoms with Gasteiger partial charge in [0, 0.05) is 18.7 Å². The van der Waals surface area contributed by atoms with Crippen molar-refractivity contribution < 1.29 is 9.59 Å². The highest BCUT2D eigenvalue weighted by atomic mass is 16.2. The Kier molecular flexibility index (Phi) is 4.79. The minimum Gasteiger partial charge on any atom is -0.346 e. The van der Waals surface area contributed by atoms with Crippen LogP contribution in [0.5, 0.6) is 0 Å². The summed E-state index contributed by atoms with van der Waals surface area (Å²) in [4.78, 5) is 26.7. The fourth-order valence-corrected chi connectivity index (χ4v) is 3.56. The lowest BCUT2D eigenvalue weighted by molar-refractivity contribution is -0.131. The van der Waals surface area contributed by atoms with Crippen molar-refractivity contribution in [3.8, 4) is 0 Å². The summed E-state index contributed by atoms with van der Waals surface area (Å²) < 4.78 is 0. The second-order valence-electron chi connectivity index (χ2n) is 6.35. The average molecular weight is 312 g/mol. The van der Waals surface area contributed by atoms with Crippen molar-refractivity contribution >= 4 is 11.8 Å². The van der Waals surface area contributed by atoms with Crippen molar-refractivity contribution in [1.82, 2.24) is 10.2 Å². The number of hydrogen-bond donors (Lipinski definition) is 1. The first kappa shape index (κ1) is 15.8. The van der Waals surface area contributed by atoms with Crippen molar-refractivity contribution in [2.75, 3.05) is 6.54 Å². The molecule has 23 heavy (non-hydrogen) atoms. The summed E-state index contributed by atoms with van der Waals surface area (Å²) in [5, 5.41) is 3.03. The molecule has 1 heterocycles. The largest absolute Gasteiger partial charge is 0.346 e. The molecular formula is C19H24N2O2. The number of carbonyl (C=O) groups is 2. The summed E-state index contributed by atoms with van der Waals surface area (Å²) in [5.41, 5.74) is 3.03. The molecule has 1 atom stereocenters. The van der Waals surface area contributed by atoms with Gasteiger partial charge in [-0.05, 0) is 37.3 Å². The van der Waals surface area contributed by atoms with Gasteiger partial charge in [0.15, 0.2) is 0 Å². The van der Waals surface area contributed by atoms with Gasteiger partial charge in [-0.3, -0.25) is 9.59 Å². The molecule has 1 fully saturated rings. The lowest BCUT2D eigenvalue weighted by Gasteiger charge is -2.22. The van der Waals surface area contributed by atoms with Gasteiger partial charge in [0.05, 0.1) is 12.5 Å².